The molecule has 1 atom stereocenters. The van der Waals surface area contributed by atoms with Crippen molar-refractivity contribution in [2.75, 3.05) is 25.5 Å². The first kappa shape index (κ1) is 12.9. The molecular formula is C14H20N2O2. The Labute approximate surface area is 108 Å². The molecule has 0 aromatic heterocycles. The largest absolute Gasteiger partial charge is 0.392 e. The lowest BCUT2D eigenvalue weighted by Gasteiger charge is -2.24. The molecule has 0 saturated carbocycles. The Balaban J connectivity index is 2.25. The van der Waals surface area contributed by atoms with E-state index in [1.54, 1.807) is 18.9 Å². The van der Waals surface area contributed by atoms with E-state index in [9.17, 15) is 9.90 Å². The normalized spacial score (nSPS) is 15.5. The molecule has 0 radical (unpaired) electrons. The number of fused-ring (bicyclic) bond motifs is 1. The molecule has 2 rings (SSSR count). The Bertz CT molecular complexity index is 443. The summed E-state index contributed by atoms with van der Waals surface area (Å²) in [5.74, 6) is -0.0397. The third kappa shape index (κ3) is 2.64. The van der Waals surface area contributed by atoms with Crippen LogP contribution >= 0.6 is 0 Å². The van der Waals surface area contributed by atoms with Crippen molar-refractivity contribution in [3.8, 4) is 0 Å². The molecule has 0 aliphatic carbocycles. The number of carbonyl (C=O) groups excluding carboxylic acids is 1. The summed E-state index contributed by atoms with van der Waals surface area (Å²) in [7, 11) is 1.72. The number of rotatable bonds is 3. The number of amides is 1. The van der Waals surface area contributed by atoms with Crippen LogP contribution in [0.15, 0.2) is 18.2 Å². The van der Waals surface area contributed by atoms with Crippen LogP contribution in [-0.4, -0.2) is 42.2 Å². The van der Waals surface area contributed by atoms with Crippen LogP contribution in [-0.2, 0) is 6.42 Å². The van der Waals surface area contributed by atoms with Gasteiger partial charge in [-0.2, -0.15) is 0 Å². The van der Waals surface area contributed by atoms with Gasteiger partial charge in [0, 0.05) is 20.1 Å². The Morgan fingerprint density at radius 3 is 3.06 bits per heavy atom. The van der Waals surface area contributed by atoms with Gasteiger partial charge in [0.2, 0.25) is 0 Å². The maximum atomic E-state index is 12.3. The summed E-state index contributed by atoms with van der Waals surface area (Å²) in [6, 6.07) is 5.83. The lowest BCUT2D eigenvalue weighted by atomic mass is 9.99. The average Bonchev–Trinajstić information content (AvgIpc) is 2.36. The van der Waals surface area contributed by atoms with Crippen LogP contribution in [0.2, 0.25) is 0 Å². The quantitative estimate of drug-likeness (QED) is 0.852. The summed E-state index contributed by atoms with van der Waals surface area (Å²) in [5.41, 5.74) is 2.87. The minimum atomic E-state index is -0.508. The maximum absolute atomic E-state index is 12.3. The van der Waals surface area contributed by atoms with Crippen molar-refractivity contribution in [2.45, 2.75) is 25.9 Å². The number of benzene rings is 1. The van der Waals surface area contributed by atoms with Crippen LogP contribution in [0.3, 0.4) is 0 Å². The van der Waals surface area contributed by atoms with Crippen LogP contribution in [0.25, 0.3) is 0 Å². The maximum Gasteiger partial charge on any atom is 0.255 e. The average molecular weight is 248 g/mol. The molecule has 0 saturated heterocycles. The van der Waals surface area contributed by atoms with E-state index in [0.717, 1.165) is 25.1 Å². The Morgan fingerprint density at radius 1 is 1.56 bits per heavy atom. The van der Waals surface area contributed by atoms with E-state index in [4.69, 9.17) is 0 Å². The van der Waals surface area contributed by atoms with Crippen LogP contribution in [0.4, 0.5) is 5.69 Å². The van der Waals surface area contributed by atoms with E-state index in [2.05, 4.69) is 11.4 Å². The fourth-order valence-corrected chi connectivity index (χ4v) is 2.37. The summed E-state index contributed by atoms with van der Waals surface area (Å²) >= 11 is 0. The summed E-state index contributed by atoms with van der Waals surface area (Å²) in [5, 5.41) is 12.7. The highest BCUT2D eigenvalue weighted by molar-refractivity contribution is 6.00. The molecule has 4 nitrogen and oxygen atoms in total. The van der Waals surface area contributed by atoms with Crippen molar-refractivity contribution in [1.82, 2.24) is 4.90 Å². The number of nitrogens with one attached hydrogen (secondary N) is 1. The first-order valence-corrected chi connectivity index (χ1v) is 6.39. The van der Waals surface area contributed by atoms with E-state index in [1.807, 2.05) is 12.1 Å². The number of anilines is 1. The van der Waals surface area contributed by atoms with Crippen LogP contribution in [0, 0.1) is 0 Å². The predicted molar refractivity (Wildman–Crippen MR) is 71.9 cm³/mol. The number of aliphatic hydroxyl groups excluding tert-OH is 1. The first-order valence-electron chi connectivity index (χ1n) is 6.39. The van der Waals surface area contributed by atoms with Crippen molar-refractivity contribution >= 4 is 11.6 Å². The summed E-state index contributed by atoms with van der Waals surface area (Å²) in [4.78, 5) is 13.9. The minimum Gasteiger partial charge on any atom is -0.392 e. The number of nitrogens with zero attached hydrogens (tertiary/aromatic N) is 1. The van der Waals surface area contributed by atoms with Gasteiger partial charge in [0.15, 0.2) is 0 Å². The summed E-state index contributed by atoms with van der Waals surface area (Å²) < 4.78 is 0. The van der Waals surface area contributed by atoms with Crippen molar-refractivity contribution in [3.05, 3.63) is 29.3 Å². The van der Waals surface area contributed by atoms with Crippen molar-refractivity contribution in [1.29, 1.82) is 0 Å². The highest BCUT2D eigenvalue weighted by Gasteiger charge is 2.20. The number of para-hydroxylation sites is 1. The molecule has 1 aromatic carbocycles. The summed E-state index contributed by atoms with van der Waals surface area (Å²) in [6.07, 6.45) is 1.61. The molecule has 4 heteroatoms. The Morgan fingerprint density at radius 2 is 2.33 bits per heavy atom. The van der Waals surface area contributed by atoms with Crippen LogP contribution in [0.5, 0.6) is 0 Å². The van der Waals surface area contributed by atoms with Gasteiger partial charge in [-0.1, -0.05) is 12.1 Å². The van der Waals surface area contributed by atoms with E-state index >= 15 is 0 Å². The molecule has 0 fully saturated rings. The molecule has 1 amide bonds. The van der Waals surface area contributed by atoms with Crippen LogP contribution in [0.1, 0.15) is 29.3 Å². The third-order valence-electron chi connectivity index (χ3n) is 3.19. The molecular weight excluding hydrogens is 228 g/mol. The SMILES string of the molecule is CC(O)CN(C)C(=O)c1cccc2c1NCCC2. The highest BCUT2D eigenvalue weighted by Crippen LogP contribution is 2.26. The fourth-order valence-electron chi connectivity index (χ4n) is 2.37. The number of carbonyl (C=O) groups is 1. The van der Waals surface area contributed by atoms with Gasteiger partial charge in [-0.05, 0) is 31.4 Å². The minimum absolute atomic E-state index is 0.0397. The van der Waals surface area contributed by atoms with Crippen molar-refractivity contribution < 1.29 is 9.90 Å². The predicted octanol–water partition coefficient (Wildman–Crippen LogP) is 1.50. The van der Waals surface area contributed by atoms with Gasteiger partial charge in [0.1, 0.15) is 0 Å². The van der Waals surface area contributed by atoms with Crippen molar-refractivity contribution in [2.24, 2.45) is 0 Å². The molecule has 1 aliphatic heterocycles. The Hall–Kier alpha value is -1.55. The molecule has 1 aliphatic rings. The van der Waals surface area contributed by atoms with E-state index < -0.39 is 6.10 Å². The molecule has 98 valence electrons. The standard InChI is InChI=1S/C14H20N2O2/c1-10(17)9-16(2)14(18)12-7-3-5-11-6-4-8-15-13(11)12/h3,5,7,10,15,17H,4,6,8-9H2,1-2H3. The van der Waals surface area contributed by atoms with Crippen molar-refractivity contribution in [3.63, 3.8) is 0 Å². The van der Waals surface area contributed by atoms with E-state index in [-0.39, 0.29) is 5.91 Å². The lowest BCUT2D eigenvalue weighted by Crippen LogP contribution is -2.34. The second-order valence-electron chi connectivity index (χ2n) is 4.90. The van der Waals surface area contributed by atoms with Crippen LogP contribution < -0.4 is 5.32 Å². The monoisotopic (exact) mass is 248 g/mol. The van der Waals surface area contributed by atoms with Gasteiger partial charge in [-0.15, -0.1) is 0 Å². The van der Waals surface area contributed by atoms with E-state index in [1.165, 1.54) is 5.56 Å². The molecule has 1 heterocycles. The number of hydrogen-bond acceptors (Lipinski definition) is 3. The topological polar surface area (TPSA) is 52.6 Å². The van der Waals surface area contributed by atoms with Gasteiger partial charge in [-0.3, -0.25) is 4.79 Å². The molecule has 2 N–H and O–H groups in total. The zero-order chi connectivity index (χ0) is 13.1. The molecule has 0 bridgehead atoms. The first-order chi connectivity index (χ1) is 8.59. The van der Waals surface area contributed by atoms with Gasteiger partial charge in [0.05, 0.1) is 17.4 Å². The number of aliphatic hydroxyl groups is 1. The van der Waals surface area contributed by atoms with E-state index in [0.29, 0.717) is 12.1 Å². The Kier molecular flexibility index (Phi) is 3.87. The molecule has 1 unspecified atom stereocenters. The number of aryl methyl sites for hydroxylation is 1. The zero-order valence-electron chi connectivity index (χ0n) is 10.9. The summed E-state index contributed by atoms with van der Waals surface area (Å²) in [6.45, 7) is 2.95. The molecule has 18 heavy (non-hydrogen) atoms. The van der Waals surface area contributed by atoms with Gasteiger partial charge in [0.25, 0.3) is 5.91 Å². The van der Waals surface area contributed by atoms with Gasteiger partial charge < -0.3 is 15.3 Å². The number of likely N-dealkylation sites (N-methyl/N-ethyl adjacent to an activating group) is 1. The second-order valence-corrected chi connectivity index (χ2v) is 4.90. The second kappa shape index (κ2) is 5.40. The highest BCUT2D eigenvalue weighted by atomic mass is 16.3. The lowest BCUT2D eigenvalue weighted by molar-refractivity contribution is 0.0704. The molecule has 1 aromatic rings. The van der Waals surface area contributed by atoms with Gasteiger partial charge >= 0.3 is 0 Å². The zero-order valence-corrected chi connectivity index (χ0v) is 10.9. The fraction of sp³-hybridized carbons (Fsp3) is 0.500. The smallest absolute Gasteiger partial charge is 0.255 e. The van der Waals surface area contributed by atoms with Gasteiger partial charge in [-0.25, -0.2) is 0 Å². The molecule has 0 spiro atoms. The number of hydrogen-bond donors (Lipinski definition) is 2. The third-order valence-corrected chi connectivity index (χ3v) is 3.19.